The molecule has 1 nitrogen and oxygen atoms in total. The molecule has 0 radical (unpaired) electrons. The van der Waals surface area contributed by atoms with Crippen molar-refractivity contribution in [2.45, 2.75) is 51.9 Å². The summed E-state index contributed by atoms with van der Waals surface area (Å²) >= 11 is 10.3. The minimum absolute atomic E-state index is 0.715. The average Bonchev–Trinajstić information content (AvgIpc) is 2.39. The van der Waals surface area contributed by atoms with Crippen LogP contribution in [0.25, 0.3) is 0 Å². The average molecular weight is 301 g/mol. The SMILES string of the molecule is Cc1ccc(OCCCCCCCCCS)c(Cl)c1. The Morgan fingerprint density at radius 3 is 2.26 bits per heavy atom. The summed E-state index contributed by atoms with van der Waals surface area (Å²) in [6, 6.07) is 5.93. The molecule has 0 saturated carbocycles. The van der Waals surface area contributed by atoms with Gasteiger partial charge in [0, 0.05) is 0 Å². The molecule has 108 valence electrons. The Labute approximate surface area is 128 Å². The van der Waals surface area contributed by atoms with E-state index in [0.717, 1.165) is 24.5 Å². The van der Waals surface area contributed by atoms with E-state index >= 15 is 0 Å². The maximum Gasteiger partial charge on any atom is 0.137 e. The standard InChI is InChI=1S/C16H25ClOS/c1-14-9-10-16(15(17)13-14)18-11-7-5-3-2-4-6-8-12-19/h9-10,13,19H,2-8,11-12H2,1H3. The first-order valence-corrected chi connectivity index (χ1v) is 8.25. The van der Waals surface area contributed by atoms with Crippen molar-refractivity contribution >= 4 is 24.2 Å². The van der Waals surface area contributed by atoms with Gasteiger partial charge < -0.3 is 4.74 Å². The molecule has 0 saturated heterocycles. The Kier molecular flexibility index (Phi) is 9.19. The molecule has 3 heteroatoms. The fourth-order valence-electron chi connectivity index (χ4n) is 2.00. The summed E-state index contributed by atoms with van der Waals surface area (Å²) in [6.45, 7) is 2.79. The molecule has 0 aromatic heterocycles. The van der Waals surface area contributed by atoms with Crippen molar-refractivity contribution in [1.29, 1.82) is 0 Å². The van der Waals surface area contributed by atoms with Gasteiger partial charge in [-0.05, 0) is 43.2 Å². The van der Waals surface area contributed by atoms with Crippen molar-refractivity contribution in [1.82, 2.24) is 0 Å². The quantitative estimate of drug-likeness (QED) is 0.431. The molecule has 0 aliphatic heterocycles. The third-order valence-corrected chi connectivity index (χ3v) is 3.76. The first-order valence-electron chi connectivity index (χ1n) is 7.24. The van der Waals surface area contributed by atoms with Gasteiger partial charge in [-0.25, -0.2) is 0 Å². The second kappa shape index (κ2) is 10.4. The number of unbranched alkanes of at least 4 members (excludes halogenated alkanes) is 6. The van der Waals surface area contributed by atoms with Gasteiger partial charge in [-0.15, -0.1) is 0 Å². The molecule has 0 heterocycles. The van der Waals surface area contributed by atoms with Gasteiger partial charge in [-0.1, -0.05) is 49.8 Å². The number of aryl methyl sites for hydroxylation is 1. The van der Waals surface area contributed by atoms with Crippen molar-refractivity contribution in [3.05, 3.63) is 28.8 Å². The number of hydrogen-bond donors (Lipinski definition) is 1. The molecule has 0 spiro atoms. The maximum atomic E-state index is 6.11. The van der Waals surface area contributed by atoms with Crippen LogP contribution in [0.15, 0.2) is 18.2 Å². The Morgan fingerprint density at radius 2 is 1.63 bits per heavy atom. The lowest BCUT2D eigenvalue weighted by molar-refractivity contribution is 0.304. The molecular formula is C16H25ClOS. The van der Waals surface area contributed by atoms with Crippen molar-refractivity contribution < 1.29 is 4.74 Å². The minimum Gasteiger partial charge on any atom is -0.492 e. The van der Waals surface area contributed by atoms with Gasteiger partial charge in [-0.3, -0.25) is 0 Å². The van der Waals surface area contributed by atoms with Crippen molar-refractivity contribution in [2.75, 3.05) is 12.4 Å². The van der Waals surface area contributed by atoms with E-state index in [1.807, 2.05) is 25.1 Å². The number of ether oxygens (including phenoxy) is 1. The lowest BCUT2D eigenvalue weighted by Crippen LogP contribution is -1.98. The summed E-state index contributed by atoms with van der Waals surface area (Å²) in [5.41, 5.74) is 1.17. The fraction of sp³-hybridized carbons (Fsp3) is 0.625. The number of rotatable bonds is 10. The molecule has 0 bridgehead atoms. The Morgan fingerprint density at radius 1 is 1.00 bits per heavy atom. The Balaban J connectivity index is 2.01. The smallest absolute Gasteiger partial charge is 0.137 e. The summed E-state index contributed by atoms with van der Waals surface area (Å²) in [5.74, 6) is 1.83. The van der Waals surface area contributed by atoms with Crippen LogP contribution in [0.5, 0.6) is 5.75 Å². The summed E-state index contributed by atoms with van der Waals surface area (Å²) in [6.07, 6.45) is 8.89. The third-order valence-electron chi connectivity index (χ3n) is 3.15. The molecule has 0 aliphatic carbocycles. The van der Waals surface area contributed by atoms with Crippen molar-refractivity contribution in [3.63, 3.8) is 0 Å². The molecule has 0 unspecified atom stereocenters. The fourth-order valence-corrected chi connectivity index (χ4v) is 2.52. The molecule has 0 N–H and O–H groups in total. The summed E-state index contributed by atoms with van der Waals surface area (Å²) in [4.78, 5) is 0. The van der Waals surface area contributed by atoms with Gasteiger partial charge in [0.25, 0.3) is 0 Å². The zero-order chi connectivity index (χ0) is 13.9. The van der Waals surface area contributed by atoms with Gasteiger partial charge in [0.1, 0.15) is 5.75 Å². The van der Waals surface area contributed by atoms with Crippen LogP contribution in [-0.2, 0) is 0 Å². The lowest BCUT2D eigenvalue weighted by Gasteiger charge is -2.08. The number of benzene rings is 1. The van der Waals surface area contributed by atoms with E-state index in [1.165, 1.54) is 44.1 Å². The monoisotopic (exact) mass is 300 g/mol. The van der Waals surface area contributed by atoms with Crippen molar-refractivity contribution in [2.24, 2.45) is 0 Å². The zero-order valence-corrected chi connectivity index (χ0v) is 13.5. The zero-order valence-electron chi connectivity index (χ0n) is 11.8. The van der Waals surface area contributed by atoms with Crippen LogP contribution in [0.1, 0.15) is 50.5 Å². The maximum absolute atomic E-state index is 6.11. The van der Waals surface area contributed by atoms with Crippen LogP contribution < -0.4 is 4.74 Å². The minimum atomic E-state index is 0.715. The normalized spacial score (nSPS) is 10.7. The van der Waals surface area contributed by atoms with Crippen LogP contribution in [-0.4, -0.2) is 12.4 Å². The van der Waals surface area contributed by atoms with Gasteiger partial charge in [0.15, 0.2) is 0 Å². The molecular weight excluding hydrogens is 276 g/mol. The van der Waals surface area contributed by atoms with Crippen LogP contribution >= 0.6 is 24.2 Å². The highest BCUT2D eigenvalue weighted by atomic mass is 35.5. The molecule has 1 rings (SSSR count). The van der Waals surface area contributed by atoms with Crippen molar-refractivity contribution in [3.8, 4) is 5.75 Å². The molecule has 1 aromatic rings. The second-order valence-electron chi connectivity index (χ2n) is 4.98. The van der Waals surface area contributed by atoms with Crippen LogP contribution in [0.3, 0.4) is 0 Å². The first-order chi connectivity index (χ1) is 9.24. The summed E-state index contributed by atoms with van der Waals surface area (Å²) in [5, 5.41) is 0.715. The number of halogens is 1. The second-order valence-corrected chi connectivity index (χ2v) is 5.84. The Hall–Kier alpha value is -0.340. The number of thiol groups is 1. The van der Waals surface area contributed by atoms with Gasteiger partial charge in [0.05, 0.1) is 11.6 Å². The van der Waals surface area contributed by atoms with E-state index < -0.39 is 0 Å². The van der Waals surface area contributed by atoms with Crippen LogP contribution in [0.4, 0.5) is 0 Å². The lowest BCUT2D eigenvalue weighted by atomic mass is 10.1. The predicted molar refractivity (Wildman–Crippen MR) is 87.9 cm³/mol. The molecule has 19 heavy (non-hydrogen) atoms. The van der Waals surface area contributed by atoms with E-state index in [0.29, 0.717) is 5.02 Å². The van der Waals surface area contributed by atoms with E-state index in [4.69, 9.17) is 16.3 Å². The number of hydrogen-bond acceptors (Lipinski definition) is 2. The van der Waals surface area contributed by atoms with Gasteiger partial charge >= 0.3 is 0 Å². The topological polar surface area (TPSA) is 9.23 Å². The van der Waals surface area contributed by atoms with E-state index in [-0.39, 0.29) is 0 Å². The molecule has 0 aliphatic rings. The Bertz CT molecular complexity index is 355. The summed E-state index contributed by atoms with van der Waals surface area (Å²) < 4.78 is 5.69. The highest BCUT2D eigenvalue weighted by molar-refractivity contribution is 7.80. The van der Waals surface area contributed by atoms with E-state index in [2.05, 4.69) is 12.6 Å². The van der Waals surface area contributed by atoms with Crippen LogP contribution in [0, 0.1) is 6.92 Å². The molecule has 0 atom stereocenters. The largest absolute Gasteiger partial charge is 0.492 e. The molecule has 0 amide bonds. The highest BCUT2D eigenvalue weighted by Crippen LogP contribution is 2.25. The highest BCUT2D eigenvalue weighted by Gasteiger charge is 2.01. The molecule has 1 aromatic carbocycles. The third kappa shape index (κ3) is 7.74. The van der Waals surface area contributed by atoms with E-state index in [1.54, 1.807) is 0 Å². The molecule has 0 fully saturated rings. The predicted octanol–water partition coefficient (Wildman–Crippen LogP) is 5.69. The van der Waals surface area contributed by atoms with Gasteiger partial charge in [0.2, 0.25) is 0 Å². The van der Waals surface area contributed by atoms with Crippen LogP contribution in [0.2, 0.25) is 5.02 Å². The summed E-state index contributed by atoms with van der Waals surface area (Å²) in [7, 11) is 0. The van der Waals surface area contributed by atoms with E-state index in [9.17, 15) is 0 Å². The van der Waals surface area contributed by atoms with Gasteiger partial charge in [-0.2, -0.15) is 12.6 Å². The first kappa shape index (κ1) is 16.7.